The van der Waals surface area contributed by atoms with Gasteiger partial charge >= 0.3 is 0 Å². The second-order valence-electron chi connectivity index (χ2n) is 4.48. The second-order valence-corrected chi connectivity index (χ2v) is 6.98. The molecule has 0 saturated heterocycles. The maximum absolute atomic E-state index is 10.1. The van der Waals surface area contributed by atoms with Crippen molar-refractivity contribution in [3.8, 4) is 0 Å². The predicted molar refractivity (Wildman–Crippen MR) is 75.6 cm³/mol. The summed E-state index contributed by atoms with van der Waals surface area (Å²) >= 11 is 5.16. The summed E-state index contributed by atoms with van der Waals surface area (Å²) in [5.74, 6) is 0. The monoisotopic (exact) mass is 321 g/mol. The van der Waals surface area contributed by atoms with Crippen LogP contribution in [0, 0.1) is 0 Å². The molecule has 1 aromatic heterocycles. The number of halogens is 1. The zero-order valence-electron chi connectivity index (χ0n) is 10.5. The summed E-state index contributed by atoms with van der Waals surface area (Å²) in [6.45, 7) is 5.07. The Hall–Kier alpha value is 0.0600. The van der Waals surface area contributed by atoms with Gasteiger partial charge in [-0.1, -0.05) is 0 Å². The first-order valence-electron chi connectivity index (χ1n) is 5.64. The van der Waals surface area contributed by atoms with Gasteiger partial charge in [0.25, 0.3) is 0 Å². The molecule has 1 aromatic rings. The van der Waals surface area contributed by atoms with Crippen molar-refractivity contribution in [3.05, 3.63) is 20.8 Å². The molecular formula is C12H20BrNO2S. The molecule has 98 valence electrons. The summed E-state index contributed by atoms with van der Waals surface area (Å²) in [4.78, 5) is 1.26. The Labute approximate surface area is 115 Å². The lowest BCUT2D eigenvalue weighted by Crippen LogP contribution is -2.39. The van der Waals surface area contributed by atoms with Crippen LogP contribution in [-0.4, -0.2) is 31.0 Å². The highest BCUT2D eigenvalue weighted by atomic mass is 79.9. The van der Waals surface area contributed by atoms with Crippen LogP contribution < -0.4 is 5.32 Å². The Morgan fingerprint density at radius 2 is 2.29 bits per heavy atom. The molecule has 5 heteroatoms. The zero-order chi connectivity index (χ0) is 12.9. The lowest BCUT2D eigenvalue weighted by molar-refractivity contribution is 0.0232. The molecule has 0 saturated carbocycles. The van der Waals surface area contributed by atoms with E-state index in [1.165, 1.54) is 4.88 Å². The van der Waals surface area contributed by atoms with Crippen molar-refractivity contribution in [3.63, 3.8) is 0 Å². The van der Waals surface area contributed by atoms with E-state index in [0.29, 0.717) is 19.6 Å². The number of thiophene rings is 1. The molecule has 3 nitrogen and oxygen atoms in total. The van der Waals surface area contributed by atoms with Crippen molar-refractivity contribution in [1.29, 1.82) is 0 Å². The SMILES string of the molecule is COCCC(C)(O)CNC(C)c1ccc(Br)s1. The van der Waals surface area contributed by atoms with Crippen LogP contribution in [0.2, 0.25) is 0 Å². The van der Waals surface area contributed by atoms with Crippen molar-refractivity contribution in [1.82, 2.24) is 5.32 Å². The third kappa shape index (κ3) is 5.48. The van der Waals surface area contributed by atoms with Crippen LogP contribution >= 0.6 is 27.3 Å². The number of nitrogens with one attached hydrogen (secondary N) is 1. The van der Waals surface area contributed by atoms with Gasteiger partial charge < -0.3 is 15.2 Å². The number of ether oxygens (including phenoxy) is 1. The Balaban J connectivity index is 2.39. The zero-order valence-corrected chi connectivity index (χ0v) is 12.9. The van der Waals surface area contributed by atoms with Gasteiger partial charge in [-0.25, -0.2) is 0 Å². The Morgan fingerprint density at radius 1 is 1.59 bits per heavy atom. The third-order valence-electron chi connectivity index (χ3n) is 2.65. The molecule has 0 bridgehead atoms. The fourth-order valence-corrected chi connectivity index (χ4v) is 2.90. The predicted octanol–water partition coefficient (Wildman–Crippen LogP) is 2.95. The summed E-state index contributed by atoms with van der Waals surface area (Å²) in [5.41, 5.74) is -0.723. The van der Waals surface area contributed by atoms with E-state index >= 15 is 0 Å². The van der Waals surface area contributed by atoms with Crippen LogP contribution in [0.5, 0.6) is 0 Å². The van der Waals surface area contributed by atoms with E-state index in [4.69, 9.17) is 4.74 Å². The Kier molecular flexibility index (Phi) is 6.09. The van der Waals surface area contributed by atoms with E-state index in [2.05, 4.69) is 34.2 Å². The molecule has 2 atom stereocenters. The molecule has 1 rings (SSSR count). The van der Waals surface area contributed by atoms with Crippen molar-refractivity contribution in [2.45, 2.75) is 31.9 Å². The maximum atomic E-state index is 10.1. The molecule has 17 heavy (non-hydrogen) atoms. The van der Waals surface area contributed by atoms with Gasteiger partial charge in [-0.05, 0) is 41.9 Å². The third-order valence-corrected chi connectivity index (χ3v) is 4.46. The van der Waals surface area contributed by atoms with Gasteiger partial charge in [-0.15, -0.1) is 11.3 Å². The molecule has 0 aliphatic carbocycles. The minimum Gasteiger partial charge on any atom is -0.389 e. The average molecular weight is 322 g/mol. The van der Waals surface area contributed by atoms with Crippen LogP contribution in [0.4, 0.5) is 0 Å². The molecule has 0 spiro atoms. The van der Waals surface area contributed by atoms with Gasteiger partial charge in [-0.2, -0.15) is 0 Å². The van der Waals surface area contributed by atoms with Crippen LogP contribution in [0.1, 0.15) is 31.2 Å². The minimum absolute atomic E-state index is 0.250. The van der Waals surface area contributed by atoms with Gasteiger partial charge in [0.15, 0.2) is 0 Å². The summed E-state index contributed by atoms with van der Waals surface area (Å²) in [7, 11) is 1.65. The molecule has 0 aliphatic rings. The molecule has 0 radical (unpaired) electrons. The summed E-state index contributed by atoms with van der Waals surface area (Å²) in [5, 5.41) is 13.4. The largest absolute Gasteiger partial charge is 0.389 e. The van der Waals surface area contributed by atoms with Gasteiger partial charge in [0.2, 0.25) is 0 Å². The number of hydrogen-bond donors (Lipinski definition) is 2. The van der Waals surface area contributed by atoms with Crippen LogP contribution in [-0.2, 0) is 4.74 Å². The molecule has 1 heterocycles. The van der Waals surface area contributed by atoms with Crippen molar-refractivity contribution in [2.24, 2.45) is 0 Å². The van der Waals surface area contributed by atoms with Crippen LogP contribution in [0.25, 0.3) is 0 Å². The number of aliphatic hydroxyl groups is 1. The average Bonchev–Trinajstić information content (AvgIpc) is 2.70. The smallest absolute Gasteiger partial charge is 0.0765 e. The molecule has 0 aliphatic heterocycles. The fraction of sp³-hybridized carbons (Fsp3) is 0.667. The first kappa shape index (κ1) is 15.1. The van der Waals surface area contributed by atoms with E-state index in [0.717, 1.165) is 3.79 Å². The first-order valence-corrected chi connectivity index (χ1v) is 7.25. The summed E-state index contributed by atoms with van der Waals surface area (Å²) in [6.07, 6.45) is 0.636. The van der Waals surface area contributed by atoms with Crippen molar-refractivity contribution < 1.29 is 9.84 Å². The quantitative estimate of drug-likeness (QED) is 0.811. The van der Waals surface area contributed by atoms with E-state index in [-0.39, 0.29) is 6.04 Å². The highest BCUT2D eigenvalue weighted by Crippen LogP contribution is 2.27. The standard InChI is InChI=1S/C12H20BrNO2S/c1-9(10-4-5-11(13)17-10)14-8-12(2,15)6-7-16-3/h4-5,9,14-15H,6-8H2,1-3H3. The highest BCUT2D eigenvalue weighted by Gasteiger charge is 2.21. The Morgan fingerprint density at radius 3 is 2.82 bits per heavy atom. The summed E-state index contributed by atoms with van der Waals surface area (Å²) in [6, 6.07) is 4.39. The van der Waals surface area contributed by atoms with E-state index in [1.807, 2.05) is 13.0 Å². The first-order chi connectivity index (χ1) is 7.94. The molecule has 2 N–H and O–H groups in total. The van der Waals surface area contributed by atoms with Gasteiger partial charge in [0.05, 0.1) is 9.39 Å². The molecule has 0 amide bonds. The lowest BCUT2D eigenvalue weighted by atomic mass is 10.0. The van der Waals surface area contributed by atoms with Gasteiger partial charge in [-0.3, -0.25) is 0 Å². The normalized spacial score (nSPS) is 16.8. The molecular weight excluding hydrogens is 302 g/mol. The lowest BCUT2D eigenvalue weighted by Gasteiger charge is -2.25. The molecule has 0 aromatic carbocycles. The second kappa shape index (κ2) is 6.85. The van der Waals surface area contributed by atoms with Crippen LogP contribution in [0.3, 0.4) is 0 Å². The Bertz CT molecular complexity index is 341. The number of rotatable bonds is 7. The topological polar surface area (TPSA) is 41.5 Å². The van der Waals surface area contributed by atoms with E-state index in [1.54, 1.807) is 18.4 Å². The van der Waals surface area contributed by atoms with E-state index < -0.39 is 5.60 Å². The molecule has 0 fully saturated rings. The molecule has 2 unspecified atom stereocenters. The highest BCUT2D eigenvalue weighted by molar-refractivity contribution is 9.11. The van der Waals surface area contributed by atoms with Gasteiger partial charge in [0, 0.05) is 37.6 Å². The maximum Gasteiger partial charge on any atom is 0.0765 e. The van der Waals surface area contributed by atoms with Gasteiger partial charge in [0.1, 0.15) is 0 Å². The summed E-state index contributed by atoms with van der Waals surface area (Å²) < 4.78 is 6.11. The van der Waals surface area contributed by atoms with Crippen molar-refractivity contribution in [2.75, 3.05) is 20.3 Å². The fourth-order valence-electron chi connectivity index (χ4n) is 1.44. The number of hydrogen-bond acceptors (Lipinski definition) is 4. The van der Waals surface area contributed by atoms with Crippen LogP contribution in [0.15, 0.2) is 15.9 Å². The minimum atomic E-state index is -0.723. The number of methoxy groups -OCH3 is 1. The van der Waals surface area contributed by atoms with E-state index in [9.17, 15) is 5.11 Å². The van der Waals surface area contributed by atoms with Crippen molar-refractivity contribution >= 4 is 27.3 Å².